The smallest absolute Gasteiger partial charge is 0.191 e. The van der Waals surface area contributed by atoms with Gasteiger partial charge < -0.3 is 10.2 Å². The second-order valence-electron chi connectivity index (χ2n) is 3.39. The summed E-state index contributed by atoms with van der Waals surface area (Å²) in [6, 6.07) is 0. The minimum absolute atomic E-state index is 0.482. The first kappa shape index (κ1) is 10.5. The predicted molar refractivity (Wildman–Crippen MR) is 60.6 cm³/mol. The molecule has 2 N–H and O–H groups in total. The highest BCUT2D eigenvalue weighted by Crippen LogP contribution is 2.37. The van der Waals surface area contributed by atoms with E-state index >= 15 is 0 Å². The Bertz CT molecular complexity index is 514. The Hall–Kier alpha value is -0.700. The van der Waals surface area contributed by atoms with Crippen molar-refractivity contribution >= 4 is 31.9 Å². The number of aliphatic hydroxyl groups is 2. The Kier molecular flexibility index (Phi) is 2.22. The van der Waals surface area contributed by atoms with E-state index in [1.165, 1.54) is 21.8 Å². The van der Waals surface area contributed by atoms with Gasteiger partial charge in [-0.2, -0.15) is 10.2 Å². The molecule has 0 amide bonds. The van der Waals surface area contributed by atoms with Gasteiger partial charge in [-0.1, -0.05) is 0 Å². The van der Waals surface area contributed by atoms with Crippen molar-refractivity contribution in [3.8, 4) is 0 Å². The lowest BCUT2D eigenvalue weighted by Crippen LogP contribution is -2.30. The number of aromatic nitrogens is 4. The molecule has 1 unspecified atom stereocenters. The summed E-state index contributed by atoms with van der Waals surface area (Å²) in [5, 5.41) is 28.2. The standard InChI is InChI=1S/C8H6Br2N4O2/c9-3-1-11-13-5(3)7(15)14-6(8(13)16)4(10)2-12-14/h1-2,7-8,15-16H/t7-,8?/m0/s1. The molecule has 6 nitrogen and oxygen atoms in total. The van der Waals surface area contributed by atoms with Crippen molar-refractivity contribution in [3.63, 3.8) is 0 Å². The first-order valence-electron chi connectivity index (χ1n) is 4.43. The van der Waals surface area contributed by atoms with E-state index in [9.17, 15) is 10.2 Å². The summed E-state index contributed by atoms with van der Waals surface area (Å²) in [7, 11) is 0. The lowest BCUT2D eigenvalue weighted by atomic mass is 10.2. The Morgan fingerprint density at radius 2 is 1.31 bits per heavy atom. The molecule has 2 atom stereocenters. The van der Waals surface area contributed by atoms with Gasteiger partial charge >= 0.3 is 0 Å². The molecular formula is C8H6Br2N4O2. The summed E-state index contributed by atoms with van der Waals surface area (Å²) in [5.41, 5.74) is 0.964. The van der Waals surface area contributed by atoms with Gasteiger partial charge in [0.15, 0.2) is 12.5 Å². The van der Waals surface area contributed by atoms with Crippen LogP contribution in [0.15, 0.2) is 21.3 Å². The van der Waals surface area contributed by atoms with E-state index in [2.05, 4.69) is 42.1 Å². The Morgan fingerprint density at radius 1 is 0.938 bits per heavy atom. The molecule has 2 aromatic heterocycles. The van der Waals surface area contributed by atoms with Crippen LogP contribution >= 0.6 is 31.9 Å². The molecule has 0 aliphatic carbocycles. The van der Waals surface area contributed by atoms with Gasteiger partial charge in [0.05, 0.1) is 21.3 Å². The summed E-state index contributed by atoms with van der Waals surface area (Å²) in [6.07, 6.45) is 1.15. The number of fused-ring (bicyclic) bond motifs is 2. The van der Waals surface area contributed by atoms with Crippen molar-refractivity contribution in [1.82, 2.24) is 19.6 Å². The van der Waals surface area contributed by atoms with Gasteiger partial charge in [-0.15, -0.1) is 0 Å². The molecule has 1 aliphatic rings. The van der Waals surface area contributed by atoms with E-state index in [-0.39, 0.29) is 0 Å². The molecule has 84 valence electrons. The van der Waals surface area contributed by atoms with E-state index in [4.69, 9.17) is 0 Å². The molecule has 3 rings (SSSR count). The third-order valence-electron chi connectivity index (χ3n) is 2.53. The molecular weight excluding hydrogens is 344 g/mol. The third-order valence-corrected chi connectivity index (χ3v) is 3.75. The van der Waals surface area contributed by atoms with E-state index in [1.54, 1.807) is 0 Å². The molecule has 0 fully saturated rings. The molecule has 3 heterocycles. The summed E-state index contributed by atoms with van der Waals surface area (Å²) < 4.78 is 3.99. The summed E-state index contributed by atoms with van der Waals surface area (Å²) >= 11 is 6.54. The average molecular weight is 350 g/mol. The SMILES string of the molecule is OC1c2c(Br)cnn2[C@@H](O)c2c(Br)cnn21. The van der Waals surface area contributed by atoms with Gasteiger partial charge in [0.1, 0.15) is 11.4 Å². The van der Waals surface area contributed by atoms with E-state index in [1.807, 2.05) is 0 Å². The van der Waals surface area contributed by atoms with Crippen molar-refractivity contribution in [2.45, 2.75) is 12.5 Å². The number of nitrogens with zero attached hydrogens (tertiary/aromatic N) is 4. The highest BCUT2D eigenvalue weighted by molar-refractivity contribution is 9.10. The van der Waals surface area contributed by atoms with Gasteiger partial charge in [-0.25, -0.2) is 9.36 Å². The van der Waals surface area contributed by atoms with Gasteiger partial charge in [-0.05, 0) is 31.9 Å². The number of rotatable bonds is 0. The highest BCUT2D eigenvalue weighted by Gasteiger charge is 2.34. The minimum atomic E-state index is -0.957. The monoisotopic (exact) mass is 348 g/mol. The van der Waals surface area contributed by atoms with Crippen molar-refractivity contribution in [2.75, 3.05) is 0 Å². The van der Waals surface area contributed by atoms with Crippen LogP contribution in [0.3, 0.4) is 0 Å². The summed E-state index contributed by atoms with van der Waals surface area (Å²) in [4.78, 5) is 0. The van der Waals surface area contributed by atoms with Gasteiger partial charge in [0.25, 0.3) is 0 Å². The zero-order chi connectivity index (χ0) is 11.4. The van der Waals surface area contributed by atoms with Crippen LogP contribution < -0.4 is 0 Å². The highest BCUT2D eigenvalue weighted by atomic mass is 79.9. The first-order valence-corrected chi connectivity index (χ1v) is 6.02. The van der Waals surface area contributed by atoms with E-state index in [0.717, 1.165) is 0 Å². The molecule has 0 saturated heterocycles. The van der Waals surface area contributed by atoms with Crippen LogP contribution in [-0.4, -0.2) is 29.8 Å². The van der Waals surface area contributed by atoms with Crippen LogP contribution in [0.25, 0.3) is 0 Å². The van der Waals surface area contributed by atoms with Crippen molar-refractivity contribution in [3.05, 3.63) is 32.7 Å². The van der Waals surface area contributed by atoms with Crippen molar-refractivity contribution < 1.29 is 10.2 Å². The summed E-state index contributed by atoms with van der Waals surface area (Å²) in [6.45, 7) is 0. The first-order chi connectivity index (χ1) is 7.61. The third kappa shape index (κ3) is 1.18. The fraction of sp³-hybridized carbons (Fsp3) is 0.250. The van der Waals surface area contributed by atoms with Gasteiger partial charge in [0, 0.05) is 0 Å². The largest absolute Gasteiger partial charge is 0.367 e. The molecule has 16 heavy (non-hydrogen) atoms. The molecule has 0 saturated carbocycles. The molecule has 8 heteroatoms. The van der Waals surface area contributed by atoms with Crippen LogP contribution in [0.4, 0.5) is 0 Å². The minimum Gasteiger partial charge on any atom is -0.367 e. The fourth-order valence-corrected chi connectivity index (χ4v) is 2.76. The number of hydrogen-bond acceptors (Lipinski definition) is 4. The van der Waals surface area contributed by atoms with Crippen LogP contribution in [-0.2, 0) is 0 Å². The molecule has 0 aromatic carbocycles. The predicted octanol–water partition coefficient (Wildman–Crippen LogP) is 0.996. The molecule has 1 aliphatic heterocycles. The lowest BCUT2D eigenvalue weighted by Gasteiger charge is -2.26. The number of aliphatic hydroxyl groups excluding tert-OH is 2. The zero-order valence-electron chi connectivity index (χ0n) is 7.75. The Labute approximate surface area is 107 Å². The zero-order valence-corrected chi connectivity index (χ0v) is 10.9. The molecule has 0 bridgehead atoms. The van der Waals surface area contributed by atoms with E-state index in [0.29, 0.717) is 20.3 Å². The topological polar surface area (TPSA) is 76.1 Å². The molecule has 2 aromatic rings. The van der Waals surface area contributed by atoms with Crippen molar-refractivity contribution in [2.24, 2.45) is 0 Å². The second kappa shape index (κ2) is 3.39. The Balaban J connectivity index is 2.29. The fourth-order valence-electron chi connectivity index (χ4n) is 1.81. The quantitative estimate of drug-likeness (QED) is 0.743. The maximum Gasteiger partial charge on any atom is 0.191 e. The van der Waals surface area contributed by atoms with Gasteiger partial charge in [0.2, 0.25) is 0 Å². The maximum absolute atomic E-state index is 10.1. The average Bonchev–Trinajstić information content (AvgIpc) is 2.80. The van der Waals surface area contributed by atoms with E-state index < -0.39 is 12.5 Å². The lowest BCUT2D eigenvalue weighted by molar-refractivity contribution is 0.0416. The Morgan fingerprint density at radius 3 is 1.69 bits per heavy atom. The van der Waals surface area contributed by atoms with Gasteiger partial charge in [-0.3, -0.25) is 0 Å². The second-order valence-corrected chi connectivity index (χ2v) is 5.10. The van der Waals surface area contributed by atoms with Crippen LogP contribution in [0.1, 0.15) is 23.8 Å². The maximum atomic E-state index is 10.1. The van der Waals surface area contributed by atoms with Crippen LogP contribution in [0, 0.1) is 0 Å². The van der Waals surface area contributed by atoms with Crippen LogP contribution in [0.2, 0.25) is 0 Å². The molecule has 0 radical (unpaired) electrons. The number of halogens is 2. The summed E-state index contributed by atoms with van der Waals surface area (Å²) in [5.74, 6) is 0. The number of hydrogen-bond donors (Lipinski definition) is 2. The normalized spacial score (nSPS) is 23.0. The van der Waals surface area contributed by atoms with Crippen LogP contribution in [0.5, 0.6) is 0 Å². The van der Waals surface area contributed by atoms with Crippen molar-refractivity contribution in [1.29, 1.82) is 0 Å². The molecule has 0 spiro atoms.